The molecule has 0 unspecified atom stereocenters. The number of carbonyl (C=O) groups is 1. The Morgan fingerprint density at radius 1 is 1.00 bits per heavy atom. The predicted octanol–water partition coefficient (Wildman–Crippen LogP) is 3.09. The van der Waals surface area contributed by atoms with E-state index in [1.54, 1.807) is 0 Å². The molecule has 4 rings (SSSR count). The van der Waals surface area contributed by atoms with Gasteiger partial charge in [-0.25, -0.2) is 4.79 Å². The molecule has 0 saturated heterocycles. The van der Waals surface area contributed by atoms with Crippen LogP contribution in [0.2, 0.25) is 0 Å². The topological polar surface area (TPSA) is 59.6 Å². The Balaban J connectivity index is 1.25. The van der Waals surface area contributed by atoms with Gasteiger partial charge in [0.1, 0.15) is 5.60 Å². The van der Waals surface area contributed by atoms with Crippen LogP contribution in [-0.2, 0) is 9.47 Å². The van der Waals surface area contributed by atoms with Gasteiger partial charge in [0.15, 0.2) is 0 Å². The number of ether oxygens (including phenoxy) is 2. The summed E-state index contributed by atoms with van der Waals surface area (Å²) in [6, 6.07) is 0. The molecule has 5 nitrogen and oxygen atoms in total. The van der Waals surface area contributed by atoms with Crippen LogP contribution in [-0.4, -0.2) is 43.5 Å². The molecule has 0 aromatic heterocycles. The molecule has 0 aromatic carbocycles. The number of rotatable bonds is 7. The molecule has 0 radical (unpaired) electrons. The van der Waals surface area contributed by atoms with Crippen LogP contribution < -0.4 is 10.6 Å². The van der Waals surface area contributed by atoms with Crippen molar-refractivity contribution in [2.24, 2.45) is 17.8 Å². The maximum Gasteiger partial charge on any atom is 0.407 e. The van der Waals surface area contributed by atoms with Crippen molar-refractivity contribution in [2.75, 3.05) is 26.3 Å². The maximum absolute atomic E-state index is 11.5. The number of nitrogens with one attached hydrogen (secondary N) is 2. The van der Waals surface area contributed by atoms with Crippen LogP contribution >= 0.6 is 0 Å². The van der Waals surface area contributed by atoms with Crippen molar-refractivity contribution in [3.05, 3.63) is 0 Å². The Bertz CT molecular complexity index is 409. The minimum absolute atomic E-state index is 0.377. The summed E-state index contributed by atoms with van der Waals surface area (Å²) >= 11 is 0. The highest BCUT2D eigenvalue weighted by Crippen LogP contribution is 2.55. The molecule has 0 aliphatic heterocycles. The van der Waals surface area contributed by atoms with Crippen LogP contribution in [0, 0.1) is 17.8 Å². The first-order valence-electron chi connectivity index (χ1n) is 9.63. The Morgan fingerprint density at radius 3 is 2.08 bits per heavy atom. The monoisotopic (exact) mass is 338 g/mol. The van der Waals surface area contributed by atoms with Gasteiger partial charge in [0.2, 0.25) is 0 Å². The molecule has 1 amide bonds. The Labute approximate surface area is 146 Å². The van der Waals surface area contributed by atoms with Gasteiger partial charge in [-0.15, -0.1) is 0 Å². The number of hydrogen-bond acceptors (Lipinski definition) is 4. The second-order valence-electron chi connectivity index (χ2n) is 9.17. The maximum atomic E-state index is 11.5. The van der Waals surface area contributed by atoms with E-state index >= 15 is 0 Å². The van der Waals surface area contributed by atoms with E-state index in [9.17, 15) is 4.79 Å². The molecule has 0 atom stereocenters. The van der Waals surface area contributed by atoms with E-state index in [-0.39, 0.29) is 6.09 Å². The summed E-state index contributed by atoms with van der Waals surface area (Å²) in [5.41, 5.74) is -0.0421. The Kier molecular flexibility index (Phi) is 5.40. The summed E-state index contributed by atoms with van der Waals surface area (Å²) in [4.78, 5) is 11.5. The van der Waals surface area contributed by atoms with Gasteiger partial charge in [-0.05, 0) is 77.0 Å². The normalized spacial score (nSPS) is 34.4. The Hall–Kier alpha value is -0.810. The number of hydrogen-bond donors (Lipinski definition) is 2. The van der Waals surface area contributed by atoms with Crippen molar-refractivity contribution >= 4 is 6.09 Å². The first-order chi connectivity index (χ1) is 11.3. The Morgan fingerprint density at radius 2 is 1.54 bits per heavy atom. The third kappa shape index (κ3) is 4.85. The average Bonchev–Trinajstić information content (AvgIpc) is 2.42. The zero-order valence-corrected chi connectivity index (χ0v) is 15.5. The highest BCUT2D eigenvalue weighted by Gasteiger charge is 2.50. The molecule has 0 aromatic rings. The van der Waals surface area contributed by atoms with Crippen molar-refractivity contribution in [1.29, 1.82) is 0 Å². The molecular formula is C19H34N2O3. The fourth-order valence-corrected chi connectivity index (χ4v) is 5.36. The minimum atomic E-state index is -0.452. The van der Waals surface area contributed by atoms with Gasteiger partial charge in [-0.2, -0.15) is 0 Å². The van der Waals surface area contributed by atoms with E-state index in [0.29, 0.717) is 25.3 Å². The van der Waals surface area contributed by atoms with Gasteiger partial charge >= 0.3 is 6.09 Å². The SMILES string of the molecule is CC(C)(C)OC(=O)NCCOCCNC12CC3CC(CC(C3)C1)C2. The number of carbonyl (C=O) groups excluding carboxylic acids is 1. The van der Waals surface area contributed by atoms with Crippen LogP contribution in [0.15, 0.2) is 0 Å². The van der Waals surface area contributed by atoms with Crippen LogP contribution in [0.5, 0.6) is 0 Å². The summed E-state index contributed by atoms with van der Waals surface area (Å²) in [5, 5.41) is 6.54. The zero-order chi connectivity index (χ0) is 17.2. The fraction of sp³-hybridized carbons (Fsp3) is 0.947. The van der Waals surface area contributed by atoms with E-state index in [1.165, 1.54) is 38.5 Å². The molecule has 24 heavy (non-hydrogen) atoms. The quantitative estimate of drug-likeness (QED) is 0.700. The molecule has 4 saturated carbocycles. The second kappa shape index (κ2) is 7.20. The molecule has 4 aliphatic carbocycles. The van der Waals surface area contributed by atoms with Crippen molar-refractivity contribution < 1.29 is 14.3 Å². The molecule has 4 fully saturated rings. The molecule has 4 bridgehead atoms. The summed E-state index contributed by atoms with van der Waals surface area (Å²) in [5.74, 6) is 2.92. The van der Waals surface area contributed by atoms with E-state index in [4.69, 9.17) is 9.47 Å². The van der Waals surface area contributed by atoms with E-state index in [2.05, 4.69) is 10.6 Å². The van der Waals surface area contributed by atoms with E-state index in [0.717, 1.165) is 24.3 Å². The third-order valence-corrected chi connectivity index (χ3v) is 5.70. The van der Waals surface area contributed by atoms with Gasteiger partial charge in [0, 0.05) is 18.6 Å². The summed E-state index contributed by atoms with van der Waals surface area (Å²) < 4.78 is 10.8. The number of alkyl carbamates (subject to hydrolysis) is 1. The predicted molar refractivity (Wildman–Crippen MR) is 94.0 cm³/mol. The van der Waals surface area contributed by atoms with E-state index in [1.807, 2.05) is 20.8 Å². The fourth-order valence-electron chi connectivity index (χ4n) is 5.36. The minimum Gasteiger partial charge on any atom is -0.444 e. The highest BCUT2D eigenvalue weighted by atomic mass is 16.6. The molecule has 0 spiro atoms. The molecular weight excluding hydrogens is 304 g/mol. The summed E-state index contributed by atoms with van der Waals surface area (Å²) in [6.45, 7) is 8.22. The van der Waals surface area contributed by atoms with Crippen LogP contribution in [0.3, 0.4) is 0 Å². The number of amides is 1. The van der Waals surface area contributed by atoms with Gasteiger partial charge in [0.25, 0.3) is 0 Å². The van der Waals surface area contributed by atoms with Crippen LogP contribution in [0.1, 0.15) is 59.3 Å². The van der Waals surface area contributed by atoms with Gasteiger partial charge in [-0.1, -0.05) is 0 Å². The molecule has 2 N–H and O–H groups in total. The summed E-state index contributed by atoms with van der Waals surface area (Å²) in [7, 11) is 0. The lowest BCUT2D eigenvalue weighted by Crippen LogP contribution is -2.58. The van der Waals surface area contributed by atoms with E-state index < -0.39 is 5.60 Å². The standard InChI is InChI=1S/C19H34N2O3/c1-18(2,3)24-17(22)20-4-6-23-7-5-21-19-11-14-8-15(12-19)10-16(9-14)13-19/h14-16,21H,4-13H2,1-3H3,(H,20,22). The lowest BCUT2D eigenvalue weighted by Gasteiger charge is -2.57. The van der Waals surface area contributed by atoms with Crippen LogP contribution in [0.25, 0.3) is 0 Å². The second-order valence-corrected chi connectivity index (χ2v) is 9.17. The van der Waals surface area contributed by atoms with Gasteiger partial charge < -0.3 is 20.1 Å². The van der Waals surface area contributed by atoms with Gasteiger partial charge in [0.05, 0.1) is 13.2 Å². The largest absolute Gasteiger partial charge is 0.444 e. The average molecular weight is 338 g/mol. The summed E-state index contributed by atoms with van der Waals surface area (Å²) in [6.07, 6.45) is 8.19. The van der Waals surface area contributed by atoms with Crippen molar-refractivity contribution in [1.82, 2.24) is 10.6 Å². The zero-order valence-electron chi connectivity index (χ0n) is 15.5. The van der Waals surface area contributed by atoms with Crippen molar-refractivity contribution in [3.63, 3.8) is 0 Å². The first kappa shape index (κ1) is 18.0. The smallest absolute Gasteiger partial charge is 0.407 e. The van der Waals surface area contributed by atoms with Crippen molar-refractivity contribution in [2.45, 2.75) is 70.4 Å². The lowest BCUT2D eigenvalue weighted by atomic mass is 9.53. The van der Waals surface area contributed by atoms with Crippen molar-refractivity contribution in [3.8, 4) is 0 Å². The lowest BCUT2D eigenvalue weighted by molar-refractivity contribution is -0.0228. The highest BCUT2D eigenvalue weighted by molar-refractivity contribution is 5.67. The molecule has 138 valence electrons. The molecule has 4 aliphatic rings. The van der Waals surface area contributed by atoms with Crippen LogP contribution in [0.4, 0.5) is 4.79 Å². The first-order valence-corrected chi connectivity index (χ1v) is 9.63. The molecule has 5 heteroatoms. The molecule has 0 heterocycles. The van der Waals surface area contributed by atoms with Gasteiger partial charge in [-0.3, -0.25) is 0 Å². The third-order valence-electron chi connectivity index (χ3n) is 5.70.